The standard InChI is InChI=1S/C15H25N3O2/c1-11(2)18-15(16)17-9-5-6-12-10-13(19-3)7-8-14(12)20-4/h7-8,10-11H,5-6,9H2,1-4H3,(H3,16,17,18). The van der Waals surface area contributed by atoms with Gasteiger partial charge in [0, 0.05) is 12.6 Å². The Morgan fingerprint density at radius 3 is 2.65 bits per heavy atom. The van der Waals surface area contributed by atoms with Gasteiger partial charge >= 0.3 is 0 Å². The molecule has 0 spiro atoms. The zero-order valence-electron chi connectivity index (χ0n) is 12.8. The molecule has 0 heterocycles. The molecule has 112 valence electrons. The van der Waals surface area contributed by atoms with Crippen molar-refractivity contribution in [1.29, 1.82) is 0 Å². The molecular formula is C15H25N3O2. The molecule has 0 aliphatic rings. The van der Waals surface area contributed by atoms with Gasteiger partial charge in [0.15, 0.2) is 5.96 Å². The van der Waals surface area contributed by atoms with Crippen molar-refractivity contribution >= 4 is 5.96 Å². The van der Waals surface area contributed by atoms with E-state index in [0.29, 0.717) is 18.5 Å². The Labute approximate surface area is 121 Å². The van der Waals surface area contributed by atoms with Crippen LogP contribution in [-0.2, 0) is 6.42 Å². The Morgan fingerprint density at radius 2 is 2.05 bits per heavy atom. The van der Waals surface area contributed by atoms with Gasteiger partial charge in [0.05, 0.1) is 14.2 Å². The molecule has 3 N–H and O–H groups in total. The molecule has 0 bridgehead atoms. The Hall–Kier alpha value is -1.91. The first-order valence-corrected chi connectivity index (χ1v) is 6.84. The van der Waals surface area contributed by atoms with Crippen molar-refractivity contribution in [2.24, 2.45) is 10.7 Å². The average molecular weight is 279 g/mol. The molecule has 1 rings (SSSR count). The first kappa shape index (κ1) is 16.1. The third kappa shape index (κ3) is 5.38. The number of aliphatic imine (C=N–C) groups is 1. The Bertz CT molecular complexity index is 445. The van der Waals surface area contributed by atoms with Crippen LogP contribution in [-0.4, -0.2) is 32.8 Å². The minimum atomic E-state index is 0.303. The lowest BCUT2D eigenvalue weighted by Crippen LogP contribution is -2.36. The highest BCUT2D eigenvalue weighted by molar-refractivity contribution is 5.78. The third-order valence-corrected chi connectivity index (χ3v) is 2.81. The molecule has 5 nitrogen and oxygen atoms in total. The minimum absolute atomic E-state index is 0.303. The highest BCUT2D eigenvalue weighted by Gasteiger charge is 2.04. The van der Waals surface area contributed by atoms with Crippen LogP contribution in [0.4, 0.5) is 0 Å². The third-order valence-electron chi connectivity index (χ3n) is 2.81. The van der Waals surface area contributed by atoms with E-state index in [-0.39, 0.29) is 0 Å². The summed E-state index contributed by atoms with van der Waals surface area (Å²) in [5.41, 5.74) is 6.87. The molecule has 0 fully saturated rings. The van der Waals surface area contributed by atoms with E-state index in [4.69, 9.17) is 15.2 Å². The average Bonchev–Trinajstić information content (AvgIpc) is 2.42. The van der Waals surface area contributed by atoms with E-state index in [1.54, 1.807) is 14.2 Å². The van der Waals surface area contributed by atoms with Gasteiger partial charge in [-0.05, 0) is 50.5 Å². The Kier molecular flexibility index (Phi) is 6.70. The summed E-state index contributed by atoms with van der Waals surface area (Å²) in [6.45, 7) is 4.75. The quantitative estimate of drug-likeness (QED) is 0.455. The smallest absolute Gasteiger partial charge is 0.188 e. The van der Waals surface area contributed by atoms with E-state index in [1.807, 2.05) is 32.0 Å². The number of benzene rings is 1. The van der Waals surface area contributed by atoms with E-state index >= 15 is 0 Å². The van der Waals surface area contributed by atoms with Crippen molar-refractivity contribution in [3.8, 4) is 11.5 Å². The Balaban J connectivity index is 2.52. The highest BCUT2D eigenvalue weighted by atomic mass is 16.5. The van der Waals surface area contributed by atoms with Crippen LogP contribution in [0.1, 0.15) is 25.8 Å². The van der Waals surface area contributed by atoms with Gasteiger partial charge in [-0.1, -0.05) is 0 Å². The van der Waals surface area contributed by atoms with Gasteiger partial charge in [0.2, 0.25) is 0 Å². The maximum absolute atomic E-state index is 5.75. The van der Waals surface area contributed by atoms with E-state index in [1.165, 1.54) is 0 Å². The summed E-state index contributed by atoms with van der Waals surface area (Å²) in [6, 6.07) is 6.12. The number of hydrogen-bond acceptors (Lipinski definition) is 3. The van der Waals surface area contributed by atoms with Gasteiger partial charge in [0.25, 0.3) is 0 Å². The molecule has 0 atom stereocenters. The van der Waals surface area contributed by atoms with Gasteiger partial charge in [-0.3, -0.25) is 4.99 Å². The van der Waals surface area contributed by atoms with Gasteiger partial charge in [-0.15, -0.1) is 0 Å². The van der Waals surface area contributed by atoms with Crippen LogP contribution in [0.25, 0.3) is 0 Å². The molecule has 0 radical (unpaired) electrons. The lowest BCUT2D eigenvalue weighted by atomic mass is 10.1. The number of nitrogens with zero attached hydrogens (tertiary/aromatic N) is 1. The zero-order valence-corrected chi connectivity index (χ0v) is 12.8. The molecule has 0 saturated carbocycles. The van der Waals surface area contributed by atoms with Crippen molar-refractivity contribution in [2.45, 2.75) is 32.7 Å². The summed E-state index contributed by atoms with van der Waals surface area (Å²) in [7, 11) is 3.34. The van der Waals surface area contributed by atoms with Crippen LogP contribution in [0.3, 0.4) is 0 Å². The number of aryl methyl sites for hydroxylation is 1. The number of hydrogen-bond donors (Lipinski definition) is 2. The van der Waals surface area contributed by atoms with Gasteiger partial charge in [-0.2, -0.15) is 0 Å². The molecule has 0 aliphatic carbocycles. The maximum atomic E-state index is 5.75. The molecule has 20 heavy (non-hydrogen) atoms. The minimum Gasteiger partial charge on any atom is -0.497 e. The second-order valence-corrected chi connectivity index (χ2v) is 4.85. The van der Waals surface area contributed by atoms with Crippen LogP contribution in [0.5, 0.6) is 11.5 Å². The highest BCUT2D eigenvalue weighted by Crippen LogP contribution is 2.24. The summed E-state index contributed by atoms with van der Waals surface area (Å²) in [5, 5.41) is 3.07. The number of ether oxygens (including phenoxy) is 2. The largest absolute Gasteiger partial charge is 0.497 e. The number of guanidine groups is 1. The molecule has 1 aromatic carbocycles. The van der Waals surface area contributed by atoms with E-state index < -0.39 is 0 Å². The first-order chi connectivity index (χ1) is 9.56. The molecule has 5 heteroatoms. The van der Waals surface area contributed by atoms with Gasteiger partial charge in [-0.25, -0.2) is 0 Å². The SMILES string of the molecule is COc1ccc(OC)c(CCCN=C(N)NC(C)C)c1. The first-order valence-electron chi connectivity index (χ1n) is 6.84. The van der Waals surface area contributed by atoms with Gasteiger partial charge in [0.1, 0.15) is 11.5 Å². The monoisotopic (exact) mass is 279 g/mol. The number of rotatable bonds is 7. The summed E-state index contributed by atoms with van der Waals surface area (Å²) in [5.74, 6) is 2.21. The lowest BCUT2D eigenvalue weighted by molar-refractivity contribution is 0.398. The Morgan fingerprint density at radius 1 is 1.30 bits per heavy atom. The summed E-state index contributed by atoms with van der Waals surface area (Å²) in [6.07, 6.45) is 1.78. The molecule has 0 amide bonds. The molecule has 0 aliphatic heterocycles. The van der Waals surface area contributed by atoms with Crippen molar-refractivity contribution in [2.75, 3.05) is 20.8 Å². The van der Waals surface area contributed by atoms with Crippen molar-refractivity contribution in [1.82, 2.24) is 5.32 Å². The molecule has 1 aromatic rings. The summed E-state index contributed by atoms with van der Waals surface area (Å²) >= 11 is 0. The van der Waals surface area contributed by atoms with E-state index in [2.05, 4.69) is 10.3 Å². The van der Waals surface area contributed by atoms with Crippen LogP contribution >= 0.6 is 0 Å². The fraction of sp³-hybridized carbons (Fsp3) is 0.533. The van der Waals surface area contributed by atoms with Crippen molar-refractivity contribution in [3.63, 3.8) is 0 Å². The predicted octanol–water partition coefficient (Wildman–Crippen LogP) is 1.95. The zero-order chi connectivity index (χ0) is 15.0. The fourth-order valence-corrected chi connectivity index (χ4v) is 1.89. The van der Waals surface area contributed by atoms with Gasteiger partial charge < -0.3 is 20.5 Å². The van der Waals surface area contributed by atoms with Crippen molar-refractivity contribution < 1.29 is 9.47 Å². The second kappa shape index (κ2) is 8.30. The lowest BCUT2D eigenvalue weighted by Gasteiger charge is -2.10. The van der Waals surface area contributed by atoms with Crippen LogP contribution < -0.4 is 20.5 Å². The van der Waals surface area contributed by atoms with Crippen LogP contribution in [0.15, 0.2) is 23.2 Å². The normalized spacial score (nSPS) is 11.6. The second-order valence-electron chi connectivity index (χ2n) is 4.85. The number of nitrogens with one attached hydrogen (secondary N) is 1. The summed E-state index contributed by atoms with van der Waals surface area (Å²) < 4.78 is 10.6. The molecular weight excluding hydrogens is 254 g/mol. The van der Waals surface area contributed by atoms with Crippen LogP contribution in [0, 0.1) is 0 Å². The molecule has 0 aromatic heterocycles. The van der Waals surface area contributed by atoms with Crippen LogP contribution in [0.2, 0.25) is 0 Å². The van der Waals surface area contributed by atoms with E-state index in [9.17, 15) is 0 Å². The topological polar surface area (TPSA) is 68.9 Å². The summed E-state index contributed by atoms with van der Waals surface area (Å²) in [4.78, 5) is 4.29. The predicted molar refractivity (Wildman–Crippen MR) is 82.6 cm³/mol. The molecule has 0 saturated heterocycles. The maximum Gasteiger partial charge on any atom is 0.188 e. The van der Waals surface area contributed by atoms with Crippen molar-refractivity contribution in [3.05, 3.63) is 23.8 Å². The number of nitrogens with two attached hydrogens (primary N) is 1. The van der Waals surface area contributed by atoms with E-state index in [0.717, 1.165) is 29.9 Å². The molecule has 0 unspecified atom stereocenters. The number of methoxy groups -OCH3 is 2. The fourth-order valence-electron chi connectivity index (χ4n) is 1.89.